The molecule has 0 saturated carbocycles. The molecule has 1 aromatic carbocycles. The summed E-state index contributed by atoms with van der Waals surface area (Å²) in [6.45, 7) is 9.60. The molecule has 0 aliphatic carbocycles. The van der Waals surface area contributed by atoms with Gasteiger partial charge in [-0.1, -0.05) is 0 Å². The third kappa shape index (κ3) is 2.74. The number of hydrogen-bond acceptors (Lipinski definition) is 4. The van der Waals surface area contributed by atoms with Gasteiger partial charge in [0.1, 0.15) is 18.5 Å². The number of rotatable bonds is 3. The fourth-order valence-electron chi connectivity index (χ4n) is 4.72. The number of nitro benzene ring substituents is 1. The van der Waals surface area contributed by atoms with Gasteiger partial charge in [0.25, 0.3) is 5.69 Å². The molecule has 7 nitrogen and oxygen atoms in total. The predicted molar refractivity (Wildman–Crippen MR) is 90.8 cm³/mol. The number of hydrogen-bond donors (Lipinski definition) is 2. The molecule has 0 radical (unpaired) electrons. The summed E-state index contributed by atoms with van der Waals surface area (Å²) in [6.07, 6.45) is 1.69. The summed E-state index contributed by atoms with van der Waals surface area (Å²) in [5.41, 5.74) is 2.35. The van der Waals surface area contributed by atoms with Gasteiger partial charge in [-0.15, -0.1) is 0 Å². The molecule has 4 heterocycles. The van der Waals surface area contributed by atoms with Crippen molar-refractivity contribution in [2.24, 2.45) is 21.5 Å². The Balaban J connectivity index is 1.54. The lowest BCUT2D eigenvalue weighted by atomic mass is 9.72. The number of benzene rings is 1. The summed E-state index contributed by atoms with van der Waals surface area (Å²) in [7, 11) is 0. The zero-order chi connectivity index (χ0) is 16.7. The minimum atomic E-state index is -0.394. The summed E-state index contributed by atoms with van der Waals surface area (Å²) in [4.78, 5) is 13.7. The third-order valence-electron chi connectivity index (χ3n) is 5.66. The Hall–Kier alpha value is -2.12. The zero-order valence-corrected chi connectivity index (χ0v) is 13.9. The molecule has 7 heteroatoms. The van der Waals surface area contributed by atoms with Crippen LogP contribution in [0.1, 0.15) is 12.5 Å². The molecule has 0 spiro atoms. The number of fused-ring (bicyclic) bond motifs is 1. The molecule has 2 atom stereocenters. The molecule has 0 amide bonds. The van der Waals surface area contributed by atoms with E-state index in [4.69, 9.17) is 0 Å². The maximum Gasteiger partial charge on any atom is 0.269 e. The first-order valence-corrected chi connectivity index (χ1v) is 8.56. The van der Waals surface area contributed by atoms with Crippen LogP contribution in [0.25, 0.3) is 0 Å². The SMILES string of the molecule is CC12C[NH+]3CC[NH+](CC(C3)/C1=N\N=C/c1ccc([N+](=O)[O-])cc1)C2. The topological polar surface area (TPSA) is 76.7 Å². The summed E-state index contributed by atoms with van der Waals surface area (Å²) in [5, 5.41) is 19.6. The van der Waals surface area contributed by atoms with Crippen molar-refractivity contribution in [2.75, 3.05) is 39.3 Å². The molecule has 4 aliphatic heterocycles. The number of piperidine rings is 2. The first-order chi connectivity index (χ1) is 11.5. The predicted octanol–water partition coefficient (Wildman–Crippen LogP) is -1.20. The molecule has 0 aromatic heterocycles. The van der Waals surface area contributed by atoms with E-state index in [1.807, 2.05) is 0 Å². The summed E-state index contributed by atoms with van der Waals surface area (Å²) >= 11 is 0. The minimum Gasteiger partial charge on any atom is -0.329 e. The van der Waals surface area contributed by atoms with Crippen LogP contribution in [0, 0.1) is 21.4 Å². The fourth-order valence-corrected chi connectivity index (χ4v) is 4.72. The van der Waals surface area contributed by atoms with Gasteiger partial charge in [-0.3, -0.25) is 10.1 Å². The molecule has 2 N–H and O–H groups in total. The van der Waals surface area contributed by atoms with Crippen molar-refractivity contribution in [1.29, 1.82) is 0 Å². The smallest absolute Gasteiger partial charge is 0.269 e. The van der Waals surface area contributed by atoms with Gasteiger partial charge < -0.3 is 9.80 Å². The highest BCUT2D eigenvalue weighted by Gasteiger charge is 2.54. The van der Waals surface area contributed by atoms with Crippen LogP contribution in [0.4, 0.5) is 5.69 Å². The highest BCUT2D eigenvalue weighted by Crippen LogP contribution is 2.26. The molecular weight excluding hydrogens is 306 g/mol. The van der Waals surface area contributed by atoms with Gasteiger partial charge in [-0.2, -0.15) is 10.2 Å². The Morgan fingerprint density at radius 3 is 2.38 bits per heavy atom. The minimum absolute atomic E-state index is 0.0947. The summed E-state index contributed by atoms with van der Waals surface area (Å²) < 4.78 is 0. The summed E-state index contributed by atoms with van der Waals surface area (Å²) in [6, 6.07) is 6.40. The van der Waals surface area contributed by atoms with Crippen LogP contribution >= 0.6 is 0 Å². The largest absolute Gasteiger partial charge is 0.329 e. The van der Waals surface area contributed by atoms with Crippen molar-refractivity contribution >= 4 is 17.6 Å². The number of non-ortho nitro benzene ring substituents is 1. The lowest BCUT2D eigenvalue weighted by molar-refractivity contribution is -0.918. The number of nitrogens with zero attached hydrogens (tertiary/aromatic N) is 3. The molecule has 4 bridgehead atoms. The van der Waals surface area contributed by atoms with Crippen LogP contribution < -0.4 is 9.80 Å². The number of nitro groups is 1. The zero-order valence-electron chi connectivity index (χ0n) is 13.9. The molecule has 1 aromatic rings. The average molecular weight is 329 g/mol. The van der Waals surface area contributed by atoms with Crippen molar-refractivity contribution < 1.29 is 14.7 Å². The molecule has 126 valence electrons. The van der Waals surface area contributed by atoms with Crippen molar-refractivity contribution in [1.82, 2.24) is 0 Å². The monoisotopic (exact) mass is 329 g/mol. The van der Waals surface area contributed by atoms with Crippen LogP contribution in [-0.4, -0.2) is 56.1 Å². The third-order valence-corrected chi connectivity index (χ3v) is 5.66. The highest BCUT2D eigenvalue weighted by molar-refractivity contribution is 5.94. The molecule has 5 rings (SSSR count). The lowest BCUT2D eigenvalue weighted by Gasteiger charge is -2.43. The highest BCUT2D eigenvalue weighted by atomic mass is 16.6. The van der Waals surface area contributed by atoms with Crippen LogP contribution in [0.15, 0.2) is 34.5 Å². The fraction of sp³-hybridized carbons (Fsp3) is 0.529. The maximum atomic E-state index is 10.7. The van der Waals surface area contributed by atoms with Gasteiger partial charge in [0.15, 0.2) is 0 Å². The standard InChI is InChI=1S/C17H21N5O2/c1-17-11-20-6-7-21(12-17)10-14(9-20)16(17)19-18-8-13-2-4-15(5-3-13)22(23)24/h2-5,8,14H,6-7,9-12H2,1H3/p+2/b18-8-,19-16+. The van der Waals surface area contributed by atoms with Crippen molar-refractivity contribution in [3.63, 3.8) is 0 Å². The first kappa shape index (κ1) is 15.4. The molecule has 4 aliphatic rings. The number of nitrogens with one attached hydrogen (secondary N) is 2. The molecule has 4 saturated heterocycles. The Morgan fingerprint density at radius 1 is 1.21 bits per heavy atom. The van der Waals surface area contributed by atoms with Gasteiger partial charge in [0.2, 0.25) is 0 Å². The summed E-state index contributed by atoms with van der Waals surface area (Å²) in [5.74, 6) is 0.541. The van der Waals surface area contributed by atoms with E-state index in [0.717, 1.165) is 5.56 Å². The van der Waals surface area contributed by atoms with Crippen molar-refractivity contribution in [2.45, 2.75) is 6.92 Å². The normalized spacial score (nSPS) is 36.4. The van der Waals surface area contributed by atoms with Crippen LogP contribution in [0.2, 0.25) is 0 Å². The van der Waals surface area contributed by atoms with Gasteiger partial charge in [0.05, 0.1) is 48.9 Å². The van der Waals surface area contributed by atoms with E-state index < -0.39 is 4.92 Å². The van der Waals surface area contributed by atoms with E-state index in [9.17, 15) is 10.1 Å². The van der Waals surface area contributed by atoms with Crippen molar-refractivity contribution in [3.05, 3.63) is 39.9 Å². The van der Waals surface area contributed by atoms with E-state index in [1.54, 1.807) is 28.1 Å². The molecule has 2 unspecified atom stereocenters. The van der Waals surface area contributed by atoms with Gasteiger partial charge in [-0.05, 0) is 24.6 Å². The van der Waals surface area contributed by atoms with Gasteiger partial charge >= 0.3 is 0 Å². The van der Waals surface area contributed by atoms with E-state index in [0.29, 0.717) is 5.92 Å². The van der Waals surface area contributed by atoms with E-state index in [-0.39, 0.29) is 11.1 Å². The second kappa shape index (κ2) is 5.75. The van der Waals surface area contributed by atoms with Crippen LogP contribution in [-0.2, 0) is 0 Å². The second-order valence-electron chi connectivity index (χ2n) is 7.60. The maximum absolute atomic E-state index is 10.7. The lowest BCUT2D eigenvalue weighted by Crippen LogP contribution is -3.16. The van der Waals surface area contributed by atoms with E-state index in [1.165, 1.54) is 57.1 Å². The Labute approximate surface area is 140 Å². The molecule has 24 heavy (non-hydrogen) atoms. The van der Waals surface area contributed by atoms with Crippen LogP contribution in [0.5, 0.6) is 0 Å². The second-order valence-corrected chi connectivity index (χ2v) is 7.60. The number of quaternary nitrogens is 2. The molecular formula is C17H23N5O2+2. The van der Waals surface area contributed by atoms with E-state index in [2.05, 4.69) is 17.1 Å². The van der Waals surface area contributed by atoms with E-state index >= 15 is 0 Å². The van der Waals surface area contributed by atoms with Gasteiger partial charge in [0, 0.05) is 12.1 Å². The van der Waals surface area contributed by atoms with Crippen molar-refractivity contribution in [3.8, 4) is 0 Å². The average Bonchev–Trinajstić information content (AvgIpc) is 2.77. The molecule has 4 fully saturated rings. The Morgan fingerprint density at radius 2 is 1.83 bits per heavy atom. The van der Waals surface area contributed by atoms with Crippen LogP contribution in [0.3, 0.4) is 0 Å². The van der Waals surface area contributed by atoms with Gasteiger partial charge in [-0.25, -0.2) is 0 Å². The first-order valence-electron chi connectivity index (χ1n) is 8.56. The Kier molecular flexibility index (Phi) is 3.69. The quantitative estimate of drug-likeness (QED) is 0.415. The Bertz CT molecular complexity index is 696.